The SMILES string of the molecule is CCC(O)(CC)CNC1CC(c2ccccc2Br)C1. The van der Waals surface area contributed by atoms with Crippen LogP contribution in [0.3, 0.4) is 0 Å². The van der Waals surface area contributed by atoms with Gasteiger partial charge in [0.1, 0.15) is 0 Å². The molecule has 2 nitrogen and oxygen atoms in total. The Morgan fingerprint density at radius 3 is 2.47 bits per heavy atom. The highest BCUT2D eigenvalue weighted by Gasteiger charge is 2.32. The van der Waals surface area contributed by atoms with Crippen LogP contribution in [0.4, 0.5) is 0 Å². The third-order valence-electron chi connectivity index (χ3n) is 4.52. The van der Waals surface area contributed by atoms with Gasteiger partial charge in [-0.25, -0.2) is 0 Å². The van der Waals surface area contributed by atoms with E-state index in [1.807, 2.05) is 0 Å². The Balaban J connectivity index is 1.80. The summed E-state index contributed by atoms with van der Waals surface area (Å²) in [5.74, 6) is 0.657. The Morgan fingerprint density at radius 2 is 1.89 bits per heavy atom. The maximum absolute atomic E-state index is 10.3. The fourth-order valence-corrected chi connectivity index (χ4v) is 3.29. The van der Waals surface area contributed by atoms with E-state index in [1.54, 1.807) is 0 Å². The fraction of sp³-hybridized carbons (Fsp3) is 0.625. The number of halogens is 1. The van der Waals surface area contributed by atoms with E-state index in [2.05, 4.69) is 59.4 Å². The molecule has 0 aromatic heterocycles. The van der Waals surface area contributed by atoms with E-state index in [9.17, 15) is 5.11 Å². The zero-order valence-electron chi connectivity index (χ0n) is 11.8. The molecule has 1 saturated carbocycles. The molecule has 1 aliphatic rings. The van der Waals surface area contributed by atoms with Crippen molar-refractivity contribution in [1.29, 1.82) is 0 Å². The summed E-state index contributed by atoms with van der Waals surface area (Å²) in [6.07, 6.45) is 3.98. The fourth-order valence-electron chi connectivity index (χ4n) is 2.68. The summed E-state index contributed by atoms with van der Waals surface area (Å²) in [7, 11) is 0. The van der Waals surface area contributed by atoms with Gasteiger partial charge in [0.25, 0.3) is 0 Å². The van der Waals surface area contributed by atoms with E-state index in [4.69, 9.17) is 0 Å². The number of rotatable bonds is 6. The standard InChI is InChI=1S/C16H24BrNO/c1-3-16(19,4-2)11-18-13-9-12(10-13)14-7-5-6-8-15(14)17/h5-8,12-13,18-19H,3-4,9-11H2,1-2H3. The van der Waals surface area contributed by atoms with Crippen LogP contribution in [0.15, 0.2) is 28.7 Å². The lowest BCUT2D eigenvalue weighted by atomic mass is 9.75. The zero-order chi connectivity index (χ0) is 13.9. The molecule has 0 bridgehead atoms. The second kappa shape index (κ2) is 6.38. The third-order valence-corrected chi connectivity index (χ3v) is 5.24. The van der Waals surface area contributed by atoms with E-state index in [-0.39, 0.29) is 0 Å². The van der Waals surface area contributed by atoms with Crippen molar-refractivity contribution in [2.24, 2.45) is 0 Å². The number of hydrogen-bond donors (Lipinski definition) is 2. The summed E-state index contributed by atoms with van der Waals surface area (Å²) in [5.41, 5.74) is 0.889. The highest BCUT2D eigenvalue weighted by atomic mass is 79.9. The first-order chi connectivity index (χ1) is 9.08. The van der Waals surface area contributed by atoms with Crippen molar-refractivity contribution in [3.05, 3.63) is 34.3 Å². The summed E-state index contributed by atoms with van der Waals surface area (Å²) >= 11 is 3.62. The first kappa shape index (κ1) is 15.0. The Kier molecular flexibility index (Phi) is 5.04. The molecule has 0 aliphatic heterocycles. The molecular weight excluding hydrogens is 302 g/mol. The van der Waals surface area contributed by atoms with Crippen LogP contribution in [0, 0.1) is 0 Å². The molecule has 0 unspecified atom stereocenters. The van der Waals surface area contributed by atoms with Gasteiger partial charge in [-0.1, -0.05) is 48.0 Å². The van der Waals surface area contributed by atoms with Gasteiger partial charge >= 0.3 is 0 Å². The minimum absolute atomic E-state index is 0.529. The molecule has 0 atom stereocenters. The molecule has 2 N–H and O–H groups in total. The monoisotopic (exact) mass is 325 g/mol. The minimum Gasteiger partial charge on any atom is -0.389 e. The van der Waals surface area contributed by atoms with Crippen molar-refractivity contribution in [2.75, 3.05) is 6.54 Å². The largest absolute Gasteiger partial charge is 0.389 e. The molecule has 1 aromatic rings. The molecule has 1 aromatic carbocycles. The van der Waals surface area contributed by atoms with Crippen LogP contribution in [-0.4, -0.2) is 23.3 Å². The van der Waals surface area contributed by atoms with Gasteiger partial charge in [0, 0.05) is 17.1 Å². The maximum Gasteiger partial charge on any atom is 0.0766 e. The molecule has 0 saturated heterocycles. The Labute approximate surface area is 124 Å². The molecule has 0 heterocycles. The number of aliphatic hydroxyl groups is 1. The number of nitrogens with one attached hydrogen (secondary N) is 1. The average molecular weight is 326 g/mol. The van der Waals surface area contributed by atoms with Gasteiger partial charge in [-0.2, -0.15) is 0 Å². The predicted octanol–water partition coefficient (Wildman–Crippen LogP) is 3.84. The first-order valence-corrected chi connectivity index (χ1v) is 8.07. The lowest BCUT2D eigenvalue weighted by molar-refractivity contribution is 0.0261. The molecule has 0 radical (unpaired) electrons. The van der Waals surface area contributed by atoms with Crippen LogP contribution in [-0.2, 0) is 0 Å². The summed E-state index contributed by atoms with van der Waals surface area (Å²) in [6, 6.07) is 9.04. The predicted molar refractivity (Wildman–Crippen MR) is 83.4 cm³/mol. The first-order valence-electron chi connectivity index (χ1n) is 7.28. The molecule has 0 amide bonds. The topological polar surface area (TPSA) is 32.3 Å². The van der Waals surface area contributed by atoms with Crippen molar-refractivity contribution in [3.63, 3.8) is 0 Å². The molecule has 106 valence electrons. The van der Waals surface area contributed by atoms with Gasteiger partial charge in [0.2, 0.25) is 0 Å². The maximum atomic E-state index is 10.3. The molecule has 1 fully saturated rings. The van der Waals surface area contributed by atoms with Crippen LogP contribution in [0.2, 0.25) is 0 Å². The smallest absolute Gasteiger partial charge is 0.0766 e. The highest BCUT2D eigenvalue weighted by molar-refractivity contribution is 9.10. The highest BCUT2D eigenvalue weighted by Crippen LogP contribution is 2.40. The number of hydrogen-bond acceptors (Lipinski definition) is 2. The van der Waals surface area contributed by atoms with E-state index >= 15 is 0 Å². The van der Waals surface area contributed by atoms with Gasteiger partial charge in [-0.05, 0) is 43.2 Å². The summed E-state index contributed by atoms with van der Waals surface area (Å²) in [5, 5.41) is 13.8. The molecular formula is C16H24BrNO. The normalized spacial score (nSPS) is 23.2. The number of benzene rings is 1. The van der Waals surface area contributed by atoms with Crippen molar-refractivity contribution in [3.8, 4) is 0 Å². The van der Waals surface area contributed by atoms with Crippen LogP contribution >= 0.6 is 15.9 Å². The van der Waals surface area contributed by atoms with Gasteiger partial charge in [0.15, 0.2) is 0 Å². The molecule has 1 aliphatic carbocycles. The second-order valence-corrected chi connectivity index (χ2v) is 6.55. The molecule has 3 heteroatoms. The van der Waals surface area contributed by atoms with Crippen LogP contribution in [0.5, 0.6) is 0 Å². The van der Waals surface area contributed by atoms with Crippen molar-refractivity contribution < 1.29 is 5.11 Å². The Hall–Kier alpha value is -0.380. The summed E-state index contributed by atoms with van der Waals surface area (Å²) < 4.78 is 1.22. The summed E-state index contributed by atoms with van der Waals surface area (Å²) in [6.45, 7) is 4.82. The second-order valence-electron chi connectivity index (χ2n) is 5.70. The van der Waals surface area contributed by atoms with E-state index in [0.29, 0.717) is 18.5 Å². The molecule has 0 spiro atoms. The third kappa shape index (κ3) is 3.59. The van der Waals surface area contributed by atoms with Crippen molar-refractivity contribution >= 4 is 15.9 Å². The Bertz CT molecular complexity index is 411. The van der Waals surface area contributed by atoms with Crippen LogP contribution < -0.4 is 5.32 Å². The van der Waals surface area contributed by atoms with Gasteiger partial charge in [-0.15, -0.1) is 0 Å². The van der Waals surface area contributed by atoms with E-state index < -0.39 is 5.60 Å². The minimum atomic E-state index is -0.529. The van der Waals surface area contributed by atoms with Gasteiger partial charge in [-0.3, -0.25) is 0 Å². The average Bonchev–Trinajstić information content (AvgIpc) is 2.38. The lowest BCUT2D eigenvalue weighted by Gasteiger charge is -2.39. The molecule has 19 heavy (non-hydrogen) atoms. The lowest BCUT2D eigenvalue weighted by Crippen LogP contribution is -2.48. The quantitative estimate of drug-likeness (QED) is 0.833. The van der Waals surface area contributed by atoms with Gasteiger partial charge in [0.05, 0.1) is 5.60 Å². The van der Waals surface area contributed by atoms with Gasteiger partial charge < -0.3 is 10.4 Å². The van der Waals surface area contributed by atoms with Crippen molar-refractivity contribution in [1.82, 2.24) is 5.32 Å². The summed E-state index contributed by atoms with van der Waals surface area (Å²) in [4.78, 5) is 0. The van der Waals surface area contributed by atoms with E-state index in [0.717, 1.165) is 12.8 Å². The Morgan fingerprint density at radius 1 is 1.26 bits per heavy atom. The zero-order valence-corrected chi connectivity index (χ0v) is 13.4. The van der Waals surface area contributed by atoms with Crippen LogP contribution in [0.25, 0.3) is 0 Å². The van der Waals surface area contributed by atoms with Crippen LogP contribution in [0.1, 0.15) is 51.0 Å². The molecule has 2 rings (SSSR count). The van der Waals surface area contributed by atoms with Crippen molar-refractivity contribution in [2.45, 2.75) is 57.1 Å². The van der Waals surface area contributed by atoms with E-state index in [1.165, 1.54) is 22.9 Å².